The Morgan fingerprint density at radius 2 is 2.29 bits per heavy atom. The van der Waals surface area contributed by atoms with Gasteiger partial charge in [0.25, 0.3) is 0 Å². The zero-order valence-corrected chi connectivity index (χ0v) is 12.1. The summed E-state index contributed by atoms with van der Waals surface area (Å²) in [5, 5.41) is 0.888. The molecule has 17 heavy (non-hydrogen) atoms. The molecule has 0 radical (unpaired) electrons. The van der Waals surface area contributed by atoms with Gasteiger partial charge in [0.15, 0.2) is 0 Å². The van der Waals surface area contributed by atoms with Crippen LogP contribution in [0.2, 0.25) is 0 Å². The topological polar surface area (TPSA) is 16.1 Å². The Labute approximate surface area is 113 Å². The predicted molar refractivity (Wildman–Crippen MR) is 76.8 cm³/mol. The van der Waals surface area contributed by atoms with Crippen molar-refractivity contribution in [2.24, 2.45) is 0 Å². The van der Waals surface area contributed by atoms with Gasteiger partial charge in [-0.2, -0.15) is 0 Å². The van der Waals surface area contributed by atoms with Gasteiger partial charge in [-0.1, -0.05) is 35.3 Å². The molecule has 0 aliphatic carbocycles. The van der Waals surface area contributed by atoms with Gasteiger partial charge in [-0.25, -0.2) is 4.98 Å². The Morgan fingerprint density at radius 1 is 1.41 bits per heavy atom. The molecular weight excluding hydrogens is 276 g/mol. The fraction of sp³-hybridized carbons (Fsp3) is 0.643. The molecule has 2 nitrogen and oxygen atoms in total. The van der Waals surface area contributed by atoms with Gasteiger partial charge in [0.05, 0.1) is 0 Å². The van der Waals surface area contributed by atoms with Crippen LogP contribution in [0.25, 0.3) is 0 Å². The molecule has 1 atom stereocenters. The van der Waals surface area contributed by atoms with Crippen molar-refractivity contribution in [3.05, 3.63) is 23.9 Å². The SMILES string of the molecule is CCCC1CCCCN1c1ccc(CBr)cn1. The molecule has 3 heteroatoms. The Kier molecular flexibility index (Phi) is 4.84. The van der Waals surface area contributed by atoms with Gasteiger partial charge in [-0.15, -0.1) is 0 Å². The highest BCUT2D eigenvalue weighted by molar-refractivity contribution is 9.08. The summed E-state index contributed by atoms with van der Waals surface area (Å²) in [7, 11) is 0. The highest BCUT2D eigenvalue weighted by atomic mass is 79.9. The number of anilines is 1. The van der Waals surface area contributed by atoms with Crippen molar-refractivity contribution >= 4 is 21.7 Å². The molecule has 0 bridgehead atoms. The summed E-state index contributed by atoms with van der Waals surface area (Å²) in [6, 6.07) is 5.05. The van der Waals surface area contributed by atoms with E-state index in [1.165, 1.54) is 44.2 Å². The van der Waals surface area contributed by atoms with Crippen LogP contribution in [0, 0.1) is 0 Å². The van der Waals surface area contributed by atoms with E-state index in [1.807, 2.05) is 6.20 Å². The van der Waals surface area contributed by atoms with Crippen LogP contribution in [0.15, 0.2) is 18.3 Å². The summed E-state index contributed by atoms with van der Waals surface area (Å²) in [6.07, 6.45) is 8.56. The molecule has 1 aliphatic rings. The van der Waals surface area contributed by atoms with E-state index in [0.717, 1.165) is 11.1 Å². The van der Waals surface area contributed by atoms with Crippen molar-refractivity contribution in [2.75, 3.05) is 11.4 Å². The minimum absolute atomic E-state index is 0.705. The number of hydrogen-bond donors (Lipinski definition) is 0. The van der Waals surface area contributed by atoms with E-state index in [-0.39, 0.29) is 0 Å². The molecule has 2 heterocycles. The van der Waals surface area contributed by atoms with E-state index in [0.29, 0.717) is 6.04 Å². The normalized spacial score (nSPS) is 20.6. The fourth-order valence-corrected chi connectivity index (χ4v) is 2.93. The maximum Gasteiger partial charge on any atom is 0.128 e. The van der Waals surface area contributed by atoms with Gasteiger partial charge >= 0.3 is 0 Å². The zero-order valence-electron chi connectivity index (χ0n) is 10.5. The first-order valence-corrected chi connectivity index (χ1v) is 7.75. The van der Waals surface area contributed by atoms with Gasteiger partial charge in [0, 0.05) is 24.1 Å². The minimum Gasteiger partial charge on any atom is -0.354 e. The summed E-state index contributed by atoms with van der Waals surface area (Å²) in [5.41, 5.74) is 1.25. The molecule has 94 valence electrons. The second-order valence-electron chi connectivity index (χ2n) is 4.79. The molecule has 1 fully saturated rings. The highest BCUT2D eigenvalue weighted by Crippen LogP contribution is 2.26. The number of hydrogen-bond acceptors (Lipinski definition) is 2. The van der Waals surface area contributed by atoms with Crippen molar-refractivity contribution in [2.45, 2.75) is 50.4 Å². The van der Waals surface area contributed by atoms with Crippen LogP contribution in [-0.4, -0.2) is 17.6 Å². The van der Waals surface area contributed by atoms with E-state index in [1.54, 1.807) is 0 Å². The third-order valence-electron chi connectivity index (χ3n) is 3.51. The minimum atomic E-state index is 0.705. The lowest BCUT2D eigenvalue weighted by molar-refractivity contribution is 0.432. The second kappa shape index (κ2) is 6.39. The van der Waals surface area contributed by atoms with Gasteiger partial charge in [0.1, 0.15) is 5.82 Å². The highest BCUT2D eigenvalue weighted by Gasteiger charge is 2.22. The average molecular weight is 297 g/mol. The quantitative estimate of drug-likeness (QED) is 0.777. The lowest BCUT2D eigenvalue weighted by Gasteiger charge is -2.36. The summed E-state index contributed by atoms with van der Waals surface area (Å²) in [6.45, 7) is 3.44. The number of rotatable bonds is 4. The van der Waals surface area contributed by atoms with Crippen LogP contribution >= 0.6 is 15.9 Å². The summed E-state index contributed by atoms with van der Waals surface area (Å²) < 4.78 is 0. The maximum absolute atomic E-state index is 4.60. The third-order valence-corrected chi connectivity index (χ3v) is 4.15. The van der Waals surface area contributed by atoms with Crippen molar-refractivity contribution in [1.82, 2.24) is 4.98 Å². The number of nitrogens with zero attached hydrogens (tertiary/aromatic N) is 2. The maximum atomic E-state index is 4.60. The second-order valence-corrected chi connectivity index (χ2v) is 5.35. The van der Waals surface area contributed by atoms with Crippen LogP contribution in [0.3, 0.4) is 0 Å². The first-order chi connectivity index (χ1) is 8.35. The lowest BCUT2D eigenvalue weighted by Crippen LogP contribution is -2.39. The Hall–Kier alpha value is -0.570. The molecule has 0 aromatic carbocycles. The molecule has 2 rings (SSSR count). The van der Waals surface area contributed by atoms with Crippen molar-refractivity contribution in [1.29, 1.82) is 0 Å². The third kappa shape index (κ3) is 3.21. The molecule has 0 spiro atoms. The average Bonchev–Trinajstić information content (AvgIpc) is 2.40. The van der Waals surface area contributed by atoms with Crippen molar-refractivity contribution in [3.63, 3.8) is 0 Å². The first kappa shape index (κ1) is 12.9. The van der Waals surface area contributed by atoms with Gasteiger partial charge in [-0.3, -0.25) is 0 Å². The number of pyridine rings is 1. The first-order valence-electron chi connectivity index (χ1n) is 6.62. The van der Waals surface area contributed by atoms with Crippen LogP contribution in [0.4, 0.5) is 5.82 Å². The molecule has 0 amide bonds. The molecule has 1 aliphatic heterocycles. The number of halogens is 1. The predicted octanol–water partition coefficient (Wildman–Crippen LogP) is 4.14. The van der Waals surface area contributed by atoms with E-state index in [4.69, 9.17) is 0 Å². The molecule has 1 saturated heterocycles. The molecule has 0 N–H and O–H groups in total. The van der Waals surface area contributed by atoms with Crippen LogP contribution in [-0.2, 0) is 5.33 Å². The molecule has 1 aromatic heterocycles. The fourth-order valence-electron chi connectivity index (χ4n) is 2.60. The Morgan fingerprint density at radius 3 is 2.94 bits per heavy atom. The lowest BCUT2D eigenvalue weighted by atomic mass is 9.98. The van der Waals surface area contributed by atoms with Crippen LogP contribution in [0.5, 0.6) is 0 Å². The largest absolute Gasteiger partial charge is 0.354 e. The van der Waals surface area contributed by atoms with Crippen molar-refractivity contribution < 1.29 is 0 Å². The monoisotopic (exact) mass is 296 g/mol. The van der Waals surface area contributed by atoms with Gasteiger partial charge < -0.3 is 4.90 Å². The van der Waals surface area contributed by atoms with E-state index >= 15 is 0 Å². The number of alkyl halides is 1. The van der Waals surface area contributed by atoms with Crippen molar-refractivity contribution in [3.8, 4) is 0 Å². The Balaban J connectivity index is 2.11. The zero-order chi connectivity index (χ0) is 12.1. The van der Waals surface area contributed by atoms with Crippen LogP contribution < -0.4 is 4.90 Å². The summed E-state index contributed by atoms with van der Waals surface area (Å²) in [5.74, 6) is 1.16. The van der Waals surface area contributed by atoms with E-state index in [2.05, 4.69) is 44.9 Å². The molecule has 1 unspecified atom stereocenters. The molecule has 1 aromatic rings. The summed E-state index contributed by atoms with van der Waals surface area (Å²) >= 11 is 3.46. The van der Waals surface area contributed by atoms with Gasteiger partial charge in [0.2, 0.25) is 0 Å². The van der Waals surface area contributed by atoms with Crippen LogP contribution in [0.1, 0.15) is 44.6 Å². The number of aromatic nitrogens is 1. The smallest absolute Gasteiger partial charge is 0.128 e. The van der Waals surface area contributed by atoms with Gasteiger partial charge in [-0.05, 0) is 37.3 Å². The number of piperidine rings is 1. The summed E-state index contributed by atoms with van der Waals surface area (Å²) in [4.78, 5) is 7.11. The van der Waals surface area contributed by atoms with E-state index < -0.39 is 0 Å². The Bertz CT molecular complexity index is 335. The molecular formula is C14H21BrN2. The molecule has 0 saturated carbocycles. The standard InChI is InChI=1S/C14H21BrN2/c1-2-5-13-6-3-4-9-17(13)14-8-7-12(10-15)11-16-14/h7-8,11,13H,2-6,9-10H2,1H3. The van der Waals surface area contributed by atoms with E-state index in [9.17, 15) is 0 Å².